The van der Waals surface area contributed by atoms with Crippen LogP contribution in [-0.2, 0) is 0 Å². The SMILES string of the molecule is O=C(/C=C/c1cn(-c2ccccc2)nc1-c1cccs1)c1ccccc1. The summed E-state index contributed by atoms with van der Waals surface area (Å²) >= 11 is 1.63. The summed E-state index contributed by atoms with van der Waals surface area (Å²) in [4.78, 5) is 13.5. The fourth-order valence-electron chi connectivity index (χ4n) is 2.69. The summed E-state index contributed by atoms with van der Waals surface area (Å²) in [5, 5.41) is 6.77. The van der Waals surface area contributed by atoms with Crippen molar-refractivity contribution in [2.24, 2.45) is 0 Å². The Hall–Kier alpha value is -3.24. The molecular formula is C22H16N2OS. The average molecular weight is 356 g/mol. The lowest BCUT2D eigenvalue weighted by atomic mass is 10.1. The Labute approximate surface area is 155 Å². The molecule has 26 heavy (non-hydrogen) atoms. The Kier molecular flexibility index (Phi) is 4.58. The van der Waals surface area contributed by atoms with Crippen LogP contribution in [0.15, 0.2) is 90.4 Å². The summed E-state index contributed by atoms with van der Waals surface area (Å²) in [6.45, 7) is 0. The fraction of sp³-hybridized carbons (Fsp3) is 0. The van der Waals surface area contributed by atoms with Crippen LogP contribution in [0.1, 0.15) is 15.9 Å². The fourth-order valence-corrected chi connectivity index (χ4v) is 3.42. The van der Waals surface area contributed by atoms with Crippen LogP contribution in [-0.4, -0.2) is 15.6 Å². The molecule has 0 bridgehead atoms. The molecule has 126 valence electrons. The van der Waals surface area contributed by atoms with E-state index in [9.17, 15) is 4.79 Å². The molecule has 0 saturated heterocycles. The largest absolute Gasteiger partial charge is 0.289 e. The first-order valence-electron chi connectivity index (χ1n) is 8.28. The maximum Gasteiger partial charge on any atom is 0.185 e. The molecule has 0 saturated carbocycles. The number of benzene rings is 2. The van der Waals surface area contributed by atoms with Gasteiger partial charge in [0.15, 0.2) is 5.78 Å². The maximum absolute atomic E-state index is 12.4. The first-order chi connectivity index (χ1) is 12.8. The van der Waals surface area contributed by atoms with Crippen molar-refractivity contribution in [3.63, 3.8) is 0 Å². The van der Waals surface area contributed by atoms with E-state index in [1.165, 1.54) is 0 Å². The van der Waals surface area contributed by atoms with Gasteiger partial charge in [0, 0.05) is 17.3 Å². The van der Waals surface area contributed by atoms with Crippen molar-refractivity contribution in [1.29, 1.82) is 0 Å². The van der Waals surface area contributed by atoms with Crippen molar-refractivity contribution >= 4 is 23.2 Å². The quantitative estimate of drug-likeness (QED) is 0.350. The molecule has 2 aromatic carbocycles. The molecule has 0 unspecified atom stereocenters. The van der Waals surface area contributed by atoms with Gasteiger partial charge in [-0.3, -0.25) is 4.79 Å². The highest BCUT2D eigenvalue weighted by Gasteiger charge is 2.12. The molecule has 4 aromatic rings. The number of carbonyl (C=O) groups excluding carboxylic acids is 1. The van der Waals surface area contributed by atoms with Crippen LogP contribution in [0.25, 0.3) is 22.3 Å². The van der Waals surface area contributed by atoms with Gasteiger partial charge in [-0.05, 0) is 35.7 Å². The summed E-state index contributed by atoms with van der Waals surface area (Å²) in [6.07, 6.45) is 5.41. The number of carbonyl (C=O) groups is 1. The van der Waals surface area contributed by atoms with E-state index in [0.717, 1.165) is 21.8 Å². The third-order valence-electron chi connectivity index (χ3n) is 3.99. The molecule has 2 aromatic heterocycles. The van der Waals surface area contributed by atoms with Gasteiger partial charge in [0.2, 0.25) is 0 Å². The van der Waals surface area contributed by atoms with E-state index in [4.69, 9.17) is 5.10 Å². The Morgan fingerprint density at radius 2 is 1.65 bits per heavy atom. The van der Waals surface area contributed by atoms with Gasteiger partial charge in [-0.25, -0.2) is 4.68 Å². The van der Waals surface area contributed by atoms with Gasteiger partial charge in [-0.1, -0.05) is 54.6 Å². The van der Waals surface area contributed by atoms with Crippen molar-refractivity contribution in [3.8, 4) is 16.3 Å². The Bertz CT molecular complexity index is 1030. The molecule has 0 N–H and O–H groups in total. The normalized spacial score (nSPS) is 11.1. The first-order valence-corrected chi connectivity index (χ1v) is 9.16. The lowest BCUT2D eigenvalue weighted by molar-refractivity contribution is 0.104. The van der Waals surface area contributed by atoms with Crippen molar-refractivity contribution in [2.45, 2.75) is 0 Å². The van der Waals surface area contributed by atoms with Crippen molar-refractivity contribution in [3.05, 3.63) is 102 Å². The van der Waals surface area contributed by atoms with E-state index in [0.29, 0.717) is 5.56 Å². The van der Waals surface area contributed by atoms with Crippen LogP contribution in [0.2, 0.25) is 0 Å². The number of hydrogen-bond acceptors (Lipinski definition) is 3. The number of nitrogens with zero attached hydrogens (tertiary/aromatic N) is 2. The molecule has 0 aliphatic rings. The highest BCUT2D eigenvalue weighted by Crippen LogP contribution is 2.28. The van der Waals surface area contributed by atoms with Gasteiger partial charge in [0.1, 0.15) is 5.69 Å². The molecule has 0 spiro atoms. The zero-order valence-corrected chi connectivity index (χ0v) is 14.8. The number of thiophene rings is 1. The monoisotopic (exact) mass is 356 g/mol. The minimum atomic E-state index is -0.0183. The third-order valence-corrected chi connectivity index (χ3v) is 4.87. The van der Waals surface area contributed by atoms with Crippen LogP contribution in [0.4, 0.5) is 0 Å². The molecule has 2 heterocycles. The molecule has 3 nitrogen and oxygen atoms in total. The summed E-state index contributed by atoms with van der Waals surface area (Å²) in [5.74, 6) is -0.0183. The second-order valence-corrected chi connectivity index (χ2v) is 6.70. The zero-order chi connectivity index (χ0) is 17.8. The van der Waals surface area contributed by atoms with E-state index in [1.54, 1.807) is 17.4 Å². The molecule has 0 aliphatic heterocycles. The van der Waals surface area contributed by atoms with Crippen molar-refractivity contribution in [2.75, 3.05) is 0 Å². The molecule has 0 atom stereocenters. The molecule has 4 heteroatoms. The number of allylic oxidation sites excluding steroid dienone is 1. The van der Waals surface area contributed by atoms with Gasteiger partial charge < -0.3 is 0 Å². The summed E-state index contributed by atoms with van der Waals surface area (Å²) in [7, 11) is 0. The van der Waals surface area contributed by atoms with Crippen LogP contribution in [0.3, 0.4) is 0 Å². The minimum Gasteiger partial charge on any atom is -0.289 e. The third kappa shape index (κ3) is 3.41. The predicted octanol–water partition coefficient (Wildman–Crippen LogP) is 5.50. The van der Waals surface area contributed by atoms with Gasteiger partial charge in [0.05, 0.1) is 10.6 Å². The van der Waals surface area contributed by atoms with Crippen LogP contribution < -0.4 is 0 Å². The standard InChI is InChI=1S/C22H16N2OS/c25-20(17-8-3-1-4-9-17)14-13-18-16-24(19-10-5-2-6-11-19)23-22(18)21-12-7-15-26-21/h1-16H/b14-13+. The summed E-state index contributed by atoms with van der Waals surface area (Å²) < 4.78 is 1.85. The van der Waals surface area contributed by atoms with Crippen LogP contribution in [0.5, 0.6) is 0 Å². The molecule has 0 aliphatic carbocycles. The Morgan fingerprint density at radius 3 is 2.35 bits per heavy atom. The molecule has 0 radical (unpaired) electrons. The zero-order valence-electron chi connectivity index (χ0n) is 13.9. The van der Waals surface area contributed by atoms with Crippen molar-refractivity contribution in [1.82, 2.24) is 9.78 Å². The first kappa shape index (κ1) is 16.2. The Balaban J connectivity index is 1.71. The van der Waals surface area contributed by atoms with Gasteiger partial charge in [0.25, 0.3) is 0 Å². The maximum atomic E-state index is 12.4. The van der Waals surface area contributed by atoms with E-state index < -0.39 is 0 Å². The number of ketones is 1. The van der Waals surface area contributed by atoms with Gasteiger partial charge in [-0.2, -0.15) is 5.10 Å². The van der Waals surface area contributed by atoms with E-state index in [-0.39, 0.29) is 5.78 Å². The van der Waals surface area contributed by atoms with E-state index >= 15 is 0 Å². The van der Waals surface area contributed by atoms with Gasteiger partial charge >= 0.3 is 0 Å². The lowest BCUT2D eigenvalue weighted by Crippen LogP contribution is -1.93. The van der Waals surface area contributed by atoms with E-state index in [1.807, 2.05) is 95.1 Å². The highest BCUT2D eigenvalue weighted by molar-refractivity contribution is 7.13. The molecule has 4 rings (SSSR count). The molecular weight excluding hydrogens is 340 g/mol. The second-order valence-electron chi connectivity index (χ2n) is 5.75. The minimum absolute atomic E-state index is 0.0183. The number of aromatic nitrogens is 2. The Morgan fingerprint density at radius 1 is 0.923 bits per heavy atom. The second kappa shape index (κ2) is 7.33. The number of rotatable bonds is 5. The van der Waals surface area contributed by atoms with E-state index in [2.05, 4.69) is 0 Å². The number of hydrogen-bond donors (Lipinski definition) is 0. The topological polar surface area (TPSA) is 34.9 Å². The average Bonchev–Trinajstić information content (AvgIpc) is 3.37. The summed E-state index contributed by atoms with van der Waals surface area (Å²) in [6, 6.07) is 23.3. The summed E-state index contributed by atoms with van der Waals surface area (Å²) in [5.41, 5.74) is 3.46. The number of para-hydroxylation sites is 1. The highest BCUT2D eigenvalue weighted by atomic mass is 32.1. The smallest absolute Gasteiger partial charge is 0.185 e. The predicted molar refractivity (Wildman–Crippen MR) is 107 cm³/mol. The molecule has 0 fully saturated rings. The van der Waals surface area contributed by atoms with Gasteiger partial charge in [-0.15, -0.1) is 11.3 Å². The molecule has 0 amide bonds. The lowest BCUT2D eigenvalue weighted by Gasteiger charge is -1.99. The van der Waals surface area contributed by atoms with Crippen molar-refractivity contribution < 1.29 is 4.79 Å². The van der Waals surface area contributed by atoms with Crippen LogP contribution in [0, 0.1) is 0 Å². The van der Waals surface area contributed by atoms with Crippen LogP contribution >= 0.6 is 11.3 Å².